The summed E-state index contributed by atoms with van der Waals surface area (Å²) in [5, 5.41) is 3.46. The minimum Gasteiger partial charge on any atom is -0.143 e. The van der Waals surface area contributed by atoms with Crippen LogP contribution in [0.3, 0.4) is 0 Å². The number of hydrogen-bond donors (Lipinski definition) is 1. The molecule has 0 radical (unpaired) electrons. The van der Waals surface area contributed by atoms with Gasteiger partial charge in [0, 0.05) is 18.6 Å². The summed E-state index contributed by atoms with van der Waals surface area (Å²) in [5.74, 6) is 0. The van der Waals surface area contributed by atoms with E-state index in [9.17, 15) is 0 Å². The number of thiophene rings is 1. The van der Waals surface area contributed by atoms with E-state index in [0.717, 1.165) is 4.90 Å². The van der Waals surface area contributed by atoms with Gasteiger partial charge in [0.15, 0.2) is 0 Å². The van der Waals surface area contributed by atoms with Crippen molar-refractivity contribution in [3.63, 3.8) is 0 Å². The zero-order valence-electron chi connectivity index (χ0n) is 6.47. The van der Waals surface area contributed by atoms with Crippen molar-refractivity contribution in [3.8, 4) is 0 Å². The minimum atomic E-state index is 1.10. The maximum absolute atomic E-state index is 4.44. The van der Waals surface area contributed by atoms with E-state index in [2.05, 4.69) is 59.7 Å². The number of halogens is 1. The lowest BCUT2D eigenvalue weighted by Crippen LogP contribution is -1.80. The second-order valence-corrected chi connectivity index (χ2v) is 5.17. The summed E-state index contributed by atoms with van der Waals surface area (Å²) in [5.41, 5.74) is 1.31. The lowest BCUT2D eigenvalue weighted by atomic mass is 10.2. The van der Waals surface area contributed by atoms with Gasteiger partial charge in [0.1, 0.15) is 0 Å². The van der Waals surface area contributed by atoms with Gasteiger partial charge in [-0.2, -0.15) is 0 Å². The summed E-state index contributed by atoms with van der Waals surface area (Å²) in [6, 6.07) is 4.29. The van der Waals surface area contributed by atoms with Crippen LogP contribution in [0, 0.1) is 10.5 Å². The number of aryl methyl sites for hydroxylation is 1. The average Bonchev–Trinajstić information content (AvgIpc) is 2.48. The van der Waals surface area contributed by atoms with E-state index >= 15 is 0 Å². The predicted octanol–water partition coefficient (Wildman–Crippen LogP) is 4.10. The minimum absolute atomic E-state index is 1.10. The third kappa shape index (κ3) is 1.28. The molecule has 0 saturated heterocycles. The highest BCUT2D eigenvalue weighted by Gasteiger charge is 2.05. The zero-order valence-corrected chi connectivity index (χ0v) is 10.3. The monoisotopic (exact) mass is 306 g/mol. The highest BCUT2D eigenvalue weighted by Crippen LogP contribution is 2.33. The smallest absolute Gasteiger partial charge is 0.0486 e. The fourth-order valence-corrected chi connectivity index (χ4v) is 3.30. The van der Waals surface area contributed by atoms with Crippen molar-refractivity contribution >= 4 is 56.6 Å². The number of thiol groups is 1. The maximum Gasteiger partial charge on any atom is 0.0486 e. The second kappa shape index (κ2) is 3.20. The Balaban J connectivity index is 2.97. The molecule has 0 aliphatic heterocycles. The quantitative estimate of drug-likeness (QED) is 0.550. The van der Waals surface area contributed by atoms with Crippen molar-refractivity contribution in [1.29, 1.82) is 0 Å². The maximum atomic E-state index is 4.44. The van der Waals surface area contributed by atoms with Gasteiger partial charge in [-0.05, 0) is 52.6 Å². The molecule has 0 bridgehead atoms. The molecule has 1 aromatic carbocycles. The molecule has 2 aromatic rings. The van der Waals surface area contributed by atoms with E-state index in [1.807, 2.05) is 0 Å². The van der Waals surface area contributed by atoms with Gasteiger partial charge in [-0.3, -0.25) is 0 Å². The molecule has 1 heterocycles. The Kier molecular flexibility index (Phi) is 2.35. The Morgan fingerprint density at radius 2 is 2.25 bits per heavy atom. The van der Waals surface area contributed by atoms with Crippen LogP contribution in [0.25, 0.3) is 10.1 Å². The van der Waals surface area contributed by atoms with Gasteiger partial charge in [0.2, 0.25) is 0 Å². The molecule has 0 aliphatic rings. The summed E-state index contributed by atoms with van der Waals surface area (Å²) < 4.78 is 2.65. The standard InChI is InChI=1S/C9H7IS2/c1-5-4-7(11)9-6(8(5)10)2-3-12-9/h2-4,11H,1H3. The summed E-state index contributed by atoms with van der Waals surface area (Å²) in [4.78, 5) is 1.10. The summed E-state index contributed by atoms with van der Waals surface area (Å²) >= 11 is 8.58. The largest absolute Gasteiger partial charge is 0.143 e. The molecule has 0 fully saturated rings. The van der Waals surface area contributed by atoms with Crippen molar-refractivity contribution in [2.24, 2.45) is 0 Å². The van der Waals surface area contributed by atoms with Crippen LogP contribution in [-0.4, -0.2) is 0 Å². The molecule has 0 saturated carbocycles. The van der Waals surface area contributed by atoms with Crippen LogP contribution in [-0.2, 0) is 0 Å². The Morgan fingerprint density at radius 3 is 3.00 bits per heavy atom. The fourth-order valence-electron chi connectivity index (χ4n) is 1.23. The van der Waals surface area contributed by atoms with E-state index in [0.29, 0.717) is 0 Å². The highest BCUT2D eigenvalue weighted by molar-refractivity contribution is 14.1. The zero-order chi connectivity index (χ0) is 8.72. The van der Waals surface area contributed by atoms with E-state index in [1.165, 1.54) is 19.2 Å². The van der Waals surface area contributed by atoms with Crippen molar-refractivity contribution in [3.05, 3.63) is 26.6 Å². The SMILES string of the molecule is Cc1cc(S)c2sccc2c1I. The molecule has 0 amide bonds. The number of fused-ring (bicyclic) bond motifs is 1. The Hall–Kier alpha value is 0.260. The number of benzene rings is 1. The average molecular weight is 306 g/mol. The molecule has 1 aromatic heterocycles. The molecular weight excluding hydrogens is 299 g/mol. The highest BCUT2D eigenvalue weighted by atomic mass is 127. The molecule has 0 aliphatic carbocycles. The van der Waals surface area contributed by atoms with Gasteiger partial charge in [-0.25, -0.2) is 0 Å². The van der Waals surface area contributed by atoms with Crippen LogP contribution in [0.4, 0.5) is 0 Å². The van der Waals surface area contributed by atoms with Crippen molar-refractivity contribution in [2.75, 3.05) is 0 Å². The van der Waals surface area contributed by atoms with Gasteiger partial charge in [0.25, 0.3) is 0 Å². The molecule has 0 atom stereocenters. The Labute approximate surface area is 94.5 Å². The summed E-state index contributed by atoms with van der Waals surface area (Å²) in [7, 11) is 0. The third-order valence-electron chi connectivity index (χ3n) is 1.83. The fraction of sp³-hybridized carbons (Fsp3) is 0.111. The summed E-state index contributed by atoms with van der Waals surface area (Å²) in [6.07, 6.45) is 0. The lowest BCUT2D eigenvalue weighted by molar-refractivity contribution is 1.41. The van der Waals surface area contributed by atoms with Gasteiger partial charge in [-0.1, -0.05) is 0 Å². The molecular formula is C9H7IS2. The molecule has 0 spiro atoms. The lowest BCUT2D eigenvalue weighted by Gasteiger charge is -2.01. The molecule has 62 valence electrons. The van der Waals surface area contributed by atoms with E-state index in [4.69, 9.17) is 0 Å². The van der Waals surface area contributed by atoms with Gasteiger partial charge >= 0.3 is 0 Å². The topological polar surface area (TPSA) is 0 Å². The van der Waals surface area contributed by atoms with Crippen LogP contribution < -0.4 is 0 Å². The molecule has 2 rings (SSSR count). The van der Waals surface area contributed by atoms with Crippen LogP contribution in [0.5, 0.6) is 0 Å². The van der Waals surface area contributed by atoms with Crippen LogP contribution >= 0.6 is 46.6 Å². The van der Waals surface area contributed by atoms with Crippen LogP contribution in [0.15, 0.2) is 22.4 Å². The summed E-state index contributed by atoms with van der Waals surface area (Å²) in [6.45, 7) is 2.12. The third-order valence-corrected chi connectivity index (χ3v) is 4.72. The van der Waals surface area contributed by atoms with Crippen LogP contribution in [0.1, 0.15) is 5.56 Å². The van der Waals surface area contributed by atoms with E-state index < -0.39 is 0 Å². The van der Waals surface area contributed by atoms with Gasteiger partial charge in [-0.15, -0.1) is 24.0 Å². The number of hydrogen-bond acceptors (Lipinski definition) is 2. The first-order valence-corrected chi connectivity index (χ1v) is 5.96. The van der Waals surface area contributed by atoms with Gasteiger partial charge < -0.3 is 0 Å². The Morgan fingerprint density at radius 1 is 1.50 bits per heavy atom. The normalized spacial score (nSPS) is 10.9. The molecule has 0 N–H and O–H groups in total. The van der Waals surface area contributed by atoms with Crippen molar-refractivity contribution in [1.82, 2.24) is 0 Å². The van der Waals surface area contributed by atoms with E-state index in [1.54, 1.807) is 11.3 Å². The number of rotatable bonds is 0. The first-order valence-electron chi connectivity index (χ1n) is 3.55. The second-order valence-electron chi connectivity index (χ2n) is 2.69. The first kappa shape index (κ1) is 8.84. The predicted molar refractivity (Wildman–Crippen MR) is 66.5 cm³/mol. The molecule has 0 nitrogen and oxygen atoms in total. The van der Waals surface area contributed by atoms with Gasteiger partial charge in [0.05, 0.1) is 0 Å². The Bertz CT molecular complexity index is 431. The molecule has 12 heavy (non-hydrogen) atoms. The van der Waals surface area contributed by atoms with Crippen molar-refractivity contribution < 1.29 is 0 Å². The first-order chi connectivity index (χ1) is 5.70. The van der Waals surface area contributed by atoms with Crippen molar-refractivity contribution in [2.45, 2.75) is 11.8 Å². The molecule has 3 heteroatoms. The molecule has 0 unspecified atom stereocenters. The van der Waals surface area contributed by atoms with E-state index in [-0.39, 0.29) is 0 Å². The van der Waals surface area contributed by atoms with Crippen LogP contribution in [0.2, 0.25) is 0 Å².